The van der Waals surface area contributed by atoms with Crippen LogP contribution in [-0.2, 0) is 9.59 Å². The SMILES string of the molecule is C[C@H]1CCN(CC(=O)N[C@H]2CCCCNC2=O)c2ccccc21. The molecule has 1 fully saturated rings. The maximum absolute atomic E-state index is 12.4. The second-order valence-electron chi connectivity index (χ2n) is 6.58. The van der Waals surface area contributed by atoms with E-state index in [2.05, 4.69) is 40.7 Å². The minimum Gasteiger partial charge on any atom is -0.362 e. The van der Waals surface area contributed by atoms with E-state index in [1.807, 2.05) is 6.07 Å². The molecule has 2 heterocycles. The number of hydrogen-bond donors (Lipinski definition) is 2. The molecule has 0 aliphatic carbocycles. The van der Waals surface area contributed by atoms with Crippen LogP contribution in [-0.4, -0.2) is 37.5 Å². The fourth-order valence-electron chi connectivity index (χ4n) is 3.47. The molecule has 2 aliphatic rings. The Bertz CT molecular complexity index is 587. The van der Waals surface area contributed by atoms with Crippen LogP contribution in [0.5, 0.6) is 0 Å². The largest absolute Gasteiger partial charge is 0.362 e. The number of para-hydroxylation sites is 1. The van der Waals surface area contributed by atoms with Crippen molar-refractivity contribution in [2.45, 2.75) is 44.6 Å². The summed E-state index contributed by atoms with van der Waals surface area (Å²) in [5.74, 6) is 0.401. The van der Waals surface area contributed by atoms with Gasteiger partial charge in [-0.3, -0.25) is 9.59 Å². The van der Waals surface area contributed by atoms with Gasteiger partial charge >= 0.3 is 0 Å². The molecule has 2 atom stereocenters. The molecule has 0 unspecified atom stereocenters. The lowest BCUT2D eigenvalue weighted by Crippen LogP contribution is -2.49. The van der Waals surface area contributed by atoms with Crippen LogP contribution in [0.3, 0.4) is 0 Å². The Balaban J connectivity index is 1.64. The summed E-state index contributed by atoms with van der Waals surface area (Å²) in [4.78, 5) is 26.5. The maximum atomic E-state index is 12.4. The van der Waals surface area contributed by atoms with Crippen molar-refractivity contribution in [1.29, 1.82) is 0 Å². The van der Waals surface area contributed by atoms with Crippen molar-refractivity contribution in [3.63, 3.8) is 0 Å². The normalized spacial score (nSPS) is 24.4. The smallest absolute Gasteiger partial charge is 0.242 e. The molecule has 5 nitrogen and oxygen atoms in total. The lowest BCUT2D eigenvalue weighted by molar-refractivity contribution is -0.128. The molecule has 124 valence electrons. The summed E-state index contributed by atoms with van der Waals surface area (Å²) < 4.78 is 0. The van der Waals surface area contributed by atoms with Crippen LogP contribution in [0, 0.1) is 0 Å². The fourth-order valence-corrected chi connectivity index (χ4v) is 3.47. The second kappa shape index (κ2) is 7.02. The first-order chi connectivity index (χ1) is 11.1. The molecule has 0 bridgehead atoms. The molecule has 0 aromatic heterocycles. The number of benzene rings is 1. The van der Waals surface area contributed by atoms with Crippen LogP contribution in [0.2, 0.25) is 0 Å². The van der Waals surface area contributed by atoms with Gasteiger partial charge in [-0.25, -0.2) is 0 Å². The molecule has 2 N–H and O–H groups in total. The van der Waals surface area contributed by atoms with E-state index in [9.17, 15) is 9.59 Å². The maximum Gasteiger partial charge on any atom is 0.242 e. The Morgan fingerprint density at radius 2 is 2.13 bits per heavy atom. The van der Waals surface area contributed by atoms with Crippen molar-refractivity contribution in [2.75, 3.05) is 24.5 Å². The number of carbonyl (C=O) groups is 2. The highest BCUT2D eigenvalue weighted by molar-refractivity contribution is 5.89. The Hall–Kier alpha value is -2.04. The molecular weight excluding hydrogens is 290 g/mol. The zero-order valence-corrected chi connectivity index (χ0v) is 13.7. The van der Waals surface area contributed by atoms with Gasteiger partial charge in [0.2, 0.25) is 11.8 Å². The van der Waals surface area contributed by atoms with Crippen LogP contribution in [0.25, 0.3) is 0 Å². The van der Waals surface area contributed by atoms with Crippen molar-refractivity contribution < 1.29 is 9.59 Å². The van der Waals surface area contributed by atoms with Crippen molar-refractivity contribution in [1.82, 2.24) is 10.6 Å². The van der Waals surface area contributed by atoms with Gasteiger partial charge in [-0.05, 0) is 43.2 Å². The fraction of sp³-hybridized carbons (Fsp3) is 0.556. The highest BCUT2D eigenvalue weighted by Gasteiger charge is 2.26. The summed E-state index contributed by atoms with van der Waals surface area (Å²) in [7, 11) is 0. The van der Waals surface area contributed by atoms with E-state index in [0.29, 0.717) is 19.0 Å². The highest BCUT2D eigenvalue weighted by Crippen LogP contribution is 2.34. The summed E-state index contributed by atoms with van der Waals surface area (Å²) in [6.45, 7) is 4.13. The van der Waals surface area contributed by atoms with Crippen LogP contribution in [0.4, 0.5) is 5.69 Å². The summed E-state index contributed by atoms with van der Waals surface area (Å²) in [6, 6.07) is 7.90. The number of amides is 2. The quantitative estimate of drug-likeness (QED) is 0.894. The third-order valence-corrected chi connectivity index (χ3v) is 4.85. The number of fused-ring (bicyclic) bond motifs is 1. The molecule has 0 saturated carbocycles. The molecule has 23 heavy (non-hydrogen) atoms. The first kappa shape index (κ1) is 15.8. The zero-order chi connectivity index (χ0) is 16.2. The van der Waals surface area contributed by atoms with Crippen molar-refractivity contribution in [3.05, 3.63) is 29.8 Å². The summed E-state index contributed by atoms with van der Waals surface area (Å²) in [5.41, 5.74) is 2.45. The Kier molecular flexibility index (Phi) is 4.84. The van der Waals surface area contributed by atoms with Gasteiger partial charge in [0.25, 0.3) is 0 Å². The number of carbonyl (C=O) groups excluding carboxylic acids is 2. The van der Waals surface area contributed by atoms with Gasteiger partial charge in [0.15, 0.2) is 0 Å². The van der Waals surface area contributed by atoms with Crippen LogP contribution < -0.4 is 15.5 Å². The highest BCUT2D eigenvalue weighted by atomic mass is 16.2. The Morgan fingerprint density at radius 1 is 1.30 bits per heavy atom. The van der Waals surface area contributed by atoms with E-state index in [0.717, 1.165) is 37.9 Å². The average Bonchev–Trinajstić information content (AvgIpc) is 2.75. The van der Waals surface area contributed by atoms with E-state index in [4.69, 9.17) is 0 Å². The minimum absolute atomic E-state index is 0.0523. The minimum atomic E-state index is -0.385. The van der Waals surface area contributed by atoms with E-state index in [-0.39, 0.29) is 17.9 Å². The topological polar surface area (TPSA) is 61.4 Å². The molecule has 1 aromatic rings. The standard InChI is InChI=1S/C18H25N3O2/c1-13-9-11-21(16-8-3-2-6-14(13)16)12-17(22)20-15-7-4-5-10-19-18(15)23/h2-3,6,8,13,15H,4-5,7,9-12H2,1H3,(H,19,23)(H,20,22)/t13-,15-/m0/s1. The lowest BCUT2D eigenvalue weighted by atomic mass is 9.91. The van der Waals surface area contributed by atoms with Gasteiger partial charge < -0.3 is 15.5 Å². The lowest BCUT2D eigenvalue weighted by Gasteiger charge is -2.34. The van der Waals surface area contributed by atoms with E-state index < -0.39 is 0 Å². The van der Waals surface area contributed by atoms with Gasteiger partial charge in [0.1, 0.15) is 6.04 Å². The predicted octanol–water partition coefficient (Wildman–Crippen LogP) is 1.79. The Morgan fingerprint density at radius 3 is 3.00 bits per heavy atom. The van der Waals surface area contributed by atoms with Crippen LogP contribution in [0.1, 0.15) is 44.1 Å². The summed E-state index contributed by atoms with van der Waals surface area (Å²) >= 11 is 0. The average molecular weight is 315 g/mol. The van der Waals surface area contributed by atoms with Crippen LogP contribution in [0.15, 0.2) is 24.3 Å². The van der Waals surface area contributed by atoms with Crippen molar-refractivity contribution in [2.24, 2.45) is 0 Å². The molecule has 1 saturated heterocycles. The number of hydrogen-bond acceptors (Lipinski definition) is 3. The molecule has 2 aliphatic heterocycles. The van der Waals surface area contributed by atoms with Crippen molar-refractivity contribution >= 4 is 17.5 Å². The van der Waals surface area contributed by atoms with Crippen LogP contribution >= 0.6 is 0 Å². The third-order valence-electron chi connectivity index (χ3n) is 4.85. The molecular formula is C18H25N3O2. The molecule has 0 spiro atoms. The van der Waals surface area contributed by atoms with Gasteiger partial charge in [-0.15, -0.1) is 0 Å². The van der Waals surface area contributed by atoms with Gasteiger partial charge in [-0.1, -0.05) is 25.1 Å². The van der Waals surface area contributed by atoms with Gasteiger partial charge in [0.05, 0.1) is 6.54 Å². The van der Waals surface area contributed by atoms with Gasteiger partial charge in [0, 0.05) is 18.8 Å². The number of rotatable bonds is 3. The summed E-state index contributed by atoms with van der Waals surface area (Å²) in [6.07, 6.45) is 3.72. The zero-order valence-electron chi connectivity index (χ0n) is 13.7. The number of anilines is 1. The first-order valence-corrected chi connectivity index (χ1v) is 8.56. The molecule has 1 aromatic carbocycles. The van der Waals surface area contributed by atoms with Crippen molar-refractivity contribution in [3.8, 4) is 0 Å². The number of nitrogens with zero attached hydrogens (tertiary/aromatic N) is 1. The Labute approximate surface area is 137 Å². The predicted molar refractivity (Wildman–Crippen MR) is 90.5 cm³/mol. The molecule has 3 rings (SSSR count). The van der Waals surface area contributed by atoms with Gasteiger partial charge in [-0.2, -0.15) is 0 Å². The second-order valence-corrected chi connectivity index (χ2v) is 6.58. The molecule has 2 amide bonds. The van der Waals surface area contributed by atoms with E-state index in [1.165, 1.54) is 5.56 Å². The molecule has 5 heteroatoms. The summed E-state index contributed by atoms with van der Waals surface area (Å²) in [5, 5.41) is 5.76. The van der Waals surface area contributed by atoms with E-state index in [1.54, 1.807) is 0 Å². The third kappa shape index (κ3) is 3.66. The number of nitrogens with one attached hydrogen (secondary N) is 2. The molecule has 0 radical (unpaired) electrons. The van der Waals surface area contributed by atoms with E-state index >= 15 is 0 Å². The first-order valence-electron chi connectivity index (χ1n) is 8.56. The monoisotopic (exact) mass is 315 g/mol.